The summed E-state index contributed by atoms with van der Waals surface area (Å²) in [5.41, 5.74) is 1.23. The van der Waals surface area contributed by atoms with Gasteiger partial charge in [-0.2, -0.15) is 12.6 Å². The lowest BCUT2D eigenvalue weighted by Gasteiger charge is -2.07. The number of thiol groups is 1. The molecule has 2 nitrogen and oxygen atoms in total. The maximum absolute atomic E-state index is 10.4. The van der Waals surface area contributed by atoms with E-state index in [1.165, 1.54) is 5.56 Å². The van der Waals surface area contributed by atoms with E-state index in [-0.39, 0.29) is 11.7 Å². The van der Waals surface area contributed by atoms with Gasteiger partial charge in [0, 0.05) is 5.25 Å². The van der Waals surface area contributed by atoms with Gasteiger partial charge >= 0.3 is 5.97 Å². The second-order valence-corrected chi connectivity index (χ2v) is 4.01. The van der Waals surface area contributed by atoms with E-state index in [0.29, 0.717) is 0 Å². The fourth-order valence-electron chi connectivity index (χ4n) is 1.28. The Morgan fingerprint density at radius 2 is 2.00 bits per heavy atom. The van der Waals surface area contributed by atoms with Crippen LogP contribution in [0, 0.1) is 0 Å². The smallest absolute Gasteiger partial charge is 0.304 e. The minimum atomic E-state index is -0.780. The van der Waals surface area contributed by atoms with Gasteiger partial charge < -0.3 is 5.11 Å². The minimum Gasteiger partial charge on any atom is -0.481 e. The summed E-state index contributed by atoms with van der Waals surface area (Å²) < 4.78 is 0. The number of hydrogen-bond acceptors (Lipinski definition) is 2. The van der Waals surface area contributed by atoms with Crippen LogP contribution in [0.15, 0.2) is 30.3 Å². The molecule has 0 saturated heterocycles. The van der Waals surface area contributed by atoms with Crippen LogP contribution in [0.3, 0.4) is 0 Å². The van der Waals surface area contributed by atoms with Crippen molar-refractivity contribution in [2.45, 2.75) is 24.5 Å². The van der Waals surface area contributed by atoms with Crippen LogP contribution in [0.2, 0.25) is 0 Å². The molecule has 1 aromatic rings. The van der Waals surface area contributed by atoms with E-state index in [9.17, 15) is 4.79 Å². The molecule has 0 heterocycles. The molecule has 0 bridgehead atoms. The number of carboxylic acid groups (broad SMARTS) is 1. The summed E-state index contributed by atoms with van der Waals surface area (Å²) in [7, 11) is 0. The van der Waals surface area contributed by atoms with Crippen LogP contribution in [0.4, 0.5) is 0 Å². The highest BCUT2D eigenvalue weighted by Gasteiger charge is 2.07. The molecule has 0 saturated carbocycles. The van der Waals surface area contributed by atoms with Crippen molar-refractivity contribution in [1.29, 1.82) is 0 Å². The van der Waals surface area contributed by atoms with Gasteiger partial charge in [0.2, 0.25) is 0 Å². The molecule has 1 aromatic carbocycles. The lowest BCUT2D eigenvalue weighted by Crippen LogP contribution is -2.08. The Hall–Kier alpha value is -0.960. The van der Waals surface area contributed by atoms with Gasteiger partial charge in [0.25, 0.3) is 0 Å². The minimum absolute atomic E-state index is 0.0484. The van der Waals surface area contributed by atoms with Gasteiger partial charge in [0.15, 0.2) is 0 Å². The highest BCUT2D eigenvalue weighted by atomic mass is 32.1. The summed E-state index contributed by atoms with van der Waals surface area (Å²) in [6.45, 7) is 0. The number of carboxylic acids is 1. The van der Waals surface area contributed by atoms with Gasteiger partial charge in [0.05, 0.1) is 6.42 Å². The molecule has 1 rings (SSSR count). The summed E-state index contributed by atoms with van der Waals surface area (Å²) in [6.07, 6.45) is 1.83. The average Bonchev–Trinajstić information content (AvgIpc) is 2.15. The first-order valence-electron chi connectivity index (χ1n) is 4.62. The summed E-state index contributed by atoms with van der Waals surface area (Å²) >= 11 is 4.22. The van der Waals surface area contributed by atoms with E-state index in [2.05, 4.69) is 12.6 Å². The van der Waals surface area contributed by atoms with Crippen LogP contribution >= 0.6 is 12.6 Å². The van der Waals surface area contributed by atoms with E-state index in [1.807, 2.05) is 30.3 Å². The van der Waals surface area contributed by atoms with Crippen LogP contribution in [-0.2, 0) is 11.2 Å². The molecule has 0 aromatic heterocycles. The van der Waals surface area contributed by atoms with E-state index in [4.69, 9.17) is 5.11 Å². The van der Waals surface area contributed by atoms with Crippen molar-refractivity contribution in [3.8, 4) is 0 Å². The monoisotopic (exact) mass is 210 g/mol. The molecule has 14 heavy (non-hydrogen) atoms. The number of carbonyl (C=O) groups is 1. The topological polar surface area (TPSA) is 37.3 Å². The molecule has 1 unspecified atom stereocenters. The number of hydrogen-bond donors (Lipinski definition) is 2. The summed E-state index contributed by atoms with van der Waals surface area (Å²) in [4.78, 5) is 10.4. The highest BCUT2D eigenvalue weighted by Crippen LogP contribution is 2.11. The van der Waals surface area contributed by atoms with Gasteiger partial charge in [0.1, 0.15) is 0 Å². The van der Waals surface area contributed by atoms with Gasteiger partial charge in [-0.25, -0.2) is 0 Å². The summed E-state index contributed by atoms with van der Waals surface area (Å²) in [5, 5.41) is 8.48. The molecule has 1 N–H and O–H groups in total. The van der Waals surface area contributed by atoms with Gasteiger partial charge in [-0.3, -0.25) is 4.79 Å². The van der Waals surface area contributed by atoms with Gasteiger partial charge in [-0.15, -0.1) is 0 Å². The molecule has 0 radical (unpaired) electrons. The Balaban J connectivity index is 2.30. The van der Waals surface area contributed by atoms with E-state index >= 15 is 0 Å². The van der Waals surface area contributed by atoms with Crippen molar-refractivity contribution < 1.29 is 9.90 Å². The SMILES string of the molecule is O=C(O)CC(S)CCc1ccccc1. The normalized spacial score (nSPS) is 12.4. The van der Waals surface area contributed by atoms with Crippen LogP contribution in [-0.4, -0.2) is 16.3 Å². The maximum Gasteiger partial charge on any atom is 0.304 e. The molecular formula is C11H14O2S. The van der Waals surface area contributed by atoms with Crippen molar-refractivity contribution in [1.82, 2.24) is 0 Å². The Bertz CT molecular complexity index is 285. The first-order valence-corrected chi connectivity index (χ1v) is 5.14. The van der Waals surface area contributed by atoms with Crippen LogP contribution < -0.4 is 0 Å². The van der Waals surface area contributed by atoms with Crippen LogP contribution in [0.25, 0.3) is 0 Å². The average molecular weight is 210 g/mol. The first kappa shape index (κ1) is 11.1. The fourth-order valence-corrected chi connectivity index (χ4v) is 1.57. The standard InChI is InChI=1S/C11H14O2S/c12-11(13)8-10(14)7-6-9-4-2-1-3-5-9/h1-5,10,14H,6-8H2,(H,12,13). The predicted octanol–water partition coefficient (Wildman–Crippen LogP) is 2.39. The zero-order chi connectivity index (χ0) is 10.4. The zero-order valence-corrected chi connectivity index (χ0v) is 8.78. The van der Waals surface area contributed by atoms with E-state index in [1.54, 1.807) is 0 Å². The molecular weight excluding hydrogens is 196 g/mol. The van der Waals surface area contributed by atoms with Crippen molar-refractivity contribution >= 4 is 18.6 Å². The predicted molar refractivity (Wildman–Crippen MR) is 59.8 cm³/mol. The second kappa shape index (κ2) is 5.70. The molecule has 1 atom stereocenters. The summed E-state index contributed by atoms with van der Waals surface area (Å²) in [5.74, 6) is -0.780. The molecule has 0 fully saturated rings. The largest absolute Gasteiger partial charge is 0.481 e. The van der Waals surface area contributed by atoms with E-state index < -0.39 is 5.97 Å². The molecule has 76 valence electrons. The Morgan fingerprint density at radius 3 is 2.57 bits per heavy atom. The third kappa shape index (κ3) is 4.33. The number of aryl methyl sites for hydroxylation is 1. The fraction of sp³-hybridized carbons (Fsp3) is 0.364. The maximum atomic E-state index is 10.4. The van der Waals surface area contributed by atoms with Crippen molar-refractivity contribution in [3.63, 3.8) is 0 Å². The number of aliphatic carboxylic acids is 1. The molecule has 0 aliphatic carbocycles. The molecule has 0 aliphatic rings. The first-order chi connectivity index (χ1) is 6.68. The lowest BCUT2D eigenvalue weighted by molar-refractivity contribution is -0.136. The third-order valence-corrected chi connectivity index (χ3v) is 2.46. The molecule has 3 heteroatoms. The number of benzene rings is 1. The lowest BCUT2D eigenvalue weighted by atomic mass is 10.1. The highest BCUT2D eigenvalue weighted by molar-refractivity contribution is 7.81. The molecule has 0 aliphatic heterocycles. The number of rotatable bonds is 5. The van der Waals surface area contributed by atoms with Gasteiger partial charge in [-0.1, -0.05) is 30.3 Å². The Kier molecular flexibility index (Phi) is 4.53. The van der Waals surface area contributed by atoms with Crippen molar-refractivity contribution in [3.05, 3.63) is 35.9 Å². The quantitative estimate of drug-likeness (QED) is 0.732. The van der Waals surface area contributed by atoms with Crippen molar-refractivity contribution in [2.75, 3.05) is 0 Å². The zero-order valence-electron chi connectivity index (χ0n) is 7.89. The molecule has 0 spiro atoms. The summed E-state index contributed by atoms with van der Waals surface area (Å²) in [6, 6.07) is 10.0. The van der Waals surface area contributed by atoms with Crippen molar-refractivity contribution in [2.24, 2.45) is 0 Å². The van der Waals surface area contributed by atoms with Crippen LogP contribution in [0.1, 0.15) is 18.4 Å². The Morgan fingerprint density at radius 1 is 1.36 bits per heavy atom. The molecule has 0 amide bonds. The Labute approximate surface area is 89.4 Å². The third-order valence-electron chi connectivity index (χ3n) is 2.02. The van der Waals surface area contributed by atoms with Crippen LogP contribution in [0.5, 0.6) is 0 Å². The van der Waals surface area contributed by atoms with E-state index in [0.717, 1.165) is 12.8 Å². The second-order valence-electron chi connectivity index (χ2n) is 3.28. The van der Waals surface area contributed by atoms with Gasteiger partial charge in [-0.05, 0) is 18.4 Å².